The highest BCUT2D eigenvalue weighted by Crippen LogP contribution is 2.30. The first-order valence-corrected chi connectivity index (χ1v) is 8.64. The molecule has 0 spiro atoms. The Morgan fingerprint density at radius 3 is 2.70 bits per heavy atom. The fraction of sp³-hybridized carbons (Fsp3) is 0.267. The zero-order valence-electron chi connectivity index (χ0n) is 12.6. The van der Waals surface area contributed by atoms with Crippen LogP contribution in [-0.2, 0) is 21.2 Å². The number of anilines is 2. The molecule has 7 nitrogen and oxygen atoms in total. The Morgan fingerprint density at radius 2 is 2.00 bits per heavy atom. The third-order valence-electron chi connectivity index (χ3n) is 3.67. The number of nitrogens with zero attached hydrogens (tertiary/aromatic N) is 3. The first kappa shape index (κ1) is 15.4. The molecule has 1 aliphatic heterocycles. The molecule has 1 amide bonds. The van der Waals surface area contributed by atoms with Crippen LogP contribution in [0.3, 0.4) is 0 Å². The molecular formula is C15H16N4O3S. The standard InChI is InChI=1S/C15H16N4O3S/c1-11(20)19-6-2-3-12-7-14(4-5-15(12)19)23(21,22)18-13-8-16-10-17-9-13/h4-5,7-10,18H,2-3,6H2,1H3. The molecule has 0 saturated heterocycles. The van der Waals surface area contributed by atoms with Crippen LogP contribution < -0.4 is 9.62 Å². The number of aromatic nitrogens is 2. The SMILES string of the molecule is CC(=O)N1CCCc2cc(S(=O)(=O)Nc3cncnc3)ccc21. The van der Waals surface area contributed by atoms with Crippen molar-refractivity contribution in [3.63, 3.8) is 0 Å². The molecule has 1 aromatic heterocycles. The molecule has 0 unspecified atom stereocenters. The summed E-state index contributed by atoms with van der Waals surface area (Å²) >= 11 is 0. The molecule has 0 bridgehead atoms. The Bertz CT molecular complexity index is 837. The summed E-state index contributed by atoms with van der Waals surface area (Å²) in [4.78, 5) is 21.1. The predicted octanol–water partition coefficient (Wildman–Crippen LogP) is 1.58. The van der Waals surface area contributed by atoms with Gasteiger partial charge in [0.15, 0.2) is 0 Å². The van der Waals surface area contributed by atoms with Crippen molar-refractivity contribution in [3.05, 3.63) is 42.5 Å². The molecule has 0 aliphatic carbocycles. The molecule has 3 rings (SSSR count). The number of amides is 1. The van der Waals surface area contributed by atoms with Crippen molar-refractivity contribution in [1.82, 2.24) is 9.97 Å². The van der Waals surface area contributed by atoms with E-state index in [1.165, 1.54) is 31.7 Å². The summed E-state index contributed by atoms with van der Waals surface area (Å²) in [5.41, 5.74) is 1.94. The summed E-state index contributed by atoms with van der Waals surface area (Å²) in [5, 5.41) is 0. The molecule has 2 aromatic rings. The van der Waals surface area contributed by atoms with Crippen LogP contribution in [0.1, 0.15) is 18.9 Å². The van der Waals surface area contributed by atoms with E-state index in [1.807, 2.05) is 0 Å². The molecule has 1 aromatic carbocycles. The second kappa shape index (κ2) is 5.96. The number of fused-ring (bicyclic) bond motifs is 1. The minimum atomic E-state index is -3.72. The number of carbonyl (C=O) groups excluding carboxylic acids is 1. The van der Waals surface area contributed by atoms with Gasteiger partial charge in [0.05, 0.1) is 23.0 Å². The lowest BCUT2D eigenvalue weighted by atomic mass is 10.0. The van der Waals surface area contributed by atoms with Gasteiger partial charge in [-0.25, -0.2) is 18.4 Å². The van der Waals surface area contributed by atoms with Crippen molar-refractivity contribution in [2.75, 3.05) is 16.2 Å². The smallest absolute Gasteiger partial charge is 0.262 e. The van der Waals surface area contributed by atoms with Gasteiger partial charge >= 0.3 is 0 Å². The molecule has 0 saturated carbocycles. The zero-order chi connectivity index (χ0) is 16.4. The van der Waals surface area contributed by atoms with E-state index < -0.39 is 10.0 Å². The highest BCUT2D eigenvalue weighted by atomic mass is 32.2. The molecule has 0 fully saturated rings. The second-order valence-electron chi connectivity index (χ2n) is 5.30. The van der Waals surface area contributed by atoms with Crippen molar-refractivity contribution >= 4 is 27.3 Å². The summed E-state index contributed by atoms with van der Waals surface area (Å²) < 4.78 is 27.4. The fourth-order valence-corrected chi connectivity index (χ4v) is 3.71. The van der Waals surface area contributed by atoms with Gasteiger partial charge in [-0.2, -0.15) is 0 Å². The maximum absolute atomic E-state index is 12.5. The molecule has 2 heterocycles. The third kappa shape index (κ3) is 3.16. The molecule has 0 radical (unpaired) electrons. The predicted molar refractivity (Wildman–Crippen MR) is 85.6 cm³/mol. The molecule has 1 aliphatic rings. The first-order valence-electron chi connectivity index (χ1n) is 7.16. The topological polar surface area (TPSA) is 92.3 Å². The van der Waals surface area contributed by atoms with E-state index in [0.717, 1.165) is 24.1 Å². The molecule has 120 valence electrons. The summed E-state index contributed by atoms with van der Waals surface area (Å²) in [6, 6.07) is 4.81. The monoisotopic (exact) mass is 332 g/mol. The number of carbonyl (C=O) groups is 1. The number of benzene rings is 1. The van der Waals surface area contributed by atoms with Gasteiger partial charge < -0.3 is 4.90 Å². The lowest BCUT2D eigenvalue weighted by molar-refractivity contribution is -0.116. The van der Waals surface area contributed by atoms with Crippen LogP contribution in [0.25, 0.3) is 0 Å². The maximum Gasteiger partial charge on any atom is 0.262 e. The van der Waals surface area contributed by atoms with Crippen LogP contribution in [0.4, 0.5) is 11.4 Å². The number of aryl methyl sites for hydroxylation is 1. The lowest BCUT2D eigenvalue weighted by Gasteiger charge is -2.28. The maximum atomic E-state index is 12.5. The number of hydrogen-bond acceptors (Lipinski definition) is 5. The number of rotatable bonds is 3. The summed E-state index contributed by atoms with van der Waals surface area (Å²) in [7, 11) is -3.72. The molecule has 23 heavy (non-hydrogen) atoms. The van der Waals surface area contributed by atoms with Gasteiger partial charge in [-0.3, -0.25) is 9.52 Å². The molecular weight excluding hydrogens is 316 g/mol. The minimum Gasteiger partial charge on any atom is -0.312 e. The van der Waals surface area contributed by atoms with E-state index in [4.69, 9.17) is 0 Å². The Balaban J connectivity index is 1.94. The van der Waals surface area contributed by atoms with Crippen LogP contribution in [0.5, 0.6) is 0 Å². The normalized spacial score (nSPS) is 14.2. The van der Waals surface area contributed by atoms with Crippen LogP contribution in [0.15, 0.2) is 41.8 Å². The highest BCUT2D eigenvalue weighted by molar-refractivity contribution is 7.92. The Morgan fingerprint density at radius 1 is 1.26 bits per heavy atom. The fourth-order valence-electron chi connectivity index (χ4n) is 2.63. The van der Waals surface area contributed by atoms with Gasteiger partial charge in [-0.15, -0.1) is 0 Å². The van der Waals surface area contributed by atoms with Gasteiger partial charge in [0, 0.05) is 19.2 Å². The van der Waals surface area contributed by atoms with E-state index in [9.17, 15) is 13.2 Å². The molecule has 0 atom stereocenters. The zero-order valence-corrected chi connectivity index (χ0v) is 13.4. The summed E-state index contributed by atoms with van der Waals surface area (Å²) in [5.74, 6) is -0.0406. The van der Waals surface area contributed by atoms with Crippen molar-refractivity contribution in [3.8, 4) is 0 Å². The van der Waals surface area contributed by atoms with E-state index in [-0.39, 0.29) is 10.8 Å². The van der Waals surface area contributed by atoms with Gasteiger partial charge in [-0.05, 0) is 36.6 Å². The lowest BCUT2D eigenvalue weighted by Crippen LogP contribution is -2.33. The third-order valence-corrected chi connectivity index (χ3v) is 5.05. The average molecular weight is 332 g/mol. The molecule has 8 heteroatoms. The van der Waals surface area contributed by atoms with Gasteiger partial charge in [-0.1, -0.05) is 0 Å². The first-order chi connectivity index (χ1) is 11.0. The Labute approximate surface area is 134 Å². The van der Waals surface area contributed by atoms with Crippen LogP contribution in [-0.4, -0.2) is 30.8 Å². The Hall–Kier alpha value is -2.48. The van der Waals surface area contributed by atoms with Crippen molar-refractivity contribution < 1.29 is 13.2 Å². The minimum absolute atomic E-state index is 0.0406. The highest BCUT2D eigenvalue weighted by Gasteiger charge is 2.23. The van der Waals surface area contributed by atoms with E-state index in [1.54, 1.807) is 17.0 Å². The van der Waals surface area contributed by atoms with Gasteiger partial charge in [0.1, 0.15) is 6.33 Å². The van der Waals surface area contributed by atoms with E-state index in [2.05, 4.69) is 14.7 Å². The molecule has 1 N–H and O–H groups in total. The number of hydrogen-bond donors (Lipinski definition) is 1. The van der Waals surface area contributed by atoms with Crippen molar-refractivity contribution in [2.24, 2.45) is 0 Å². The average Bonchev–Trinajstić information content (AvgIpc) is 2.54. The quantitative estimate of drug-likeness (QED) is 0.921. The number of nitrogens with one attached hydrogen (secondary N) is 1. The van der Waals surface area contributed by atoms with E-state index >= 15 is 0 Å². The van der Waals surface area contributed by atoms with Crippen LogP contribution in [0.2, 0.25) is 0 Å². The van der Waals surface area contributed by atoms with Gasteiger partial charge in [0.2, 0.25) is 5.91 Å². The van der Waals surface area contributed by atoms with Crippen LogP contribution in [0, 0.1) is 0 Å². The summed E-state index contributed by atoms with van der Waals surface area (Å²) in [6.45, 7) is 2.17. The van der Waals surface area contributed by atoms with Crippen molar-refractivity contribution in [1.29, 1.82) is 0 Å². The van der Waals surface area contributed by atoms with E-state index in [0.29, 0.717) is 12.2 Å². The van der Waals surface area contributed by atoms with Crippen LogP contribution >= 0.6 is 0 Å². The van der Waals surface area contributed by atoms with Crippen molar-refractivity contribution in [2.45, 2.75) is 24.7 Å². The van der Waals surface area contributed by atoms with Gasteiger partial charge in [0.25, 0.3) is 10.0 Å². The second-order valence-corrected chi connectivity index (χ2v) is 6.98. The number of sulfonamides is 1. The Kier molecular flexibility index (Phi) is 3.99. The summed E-state index contributed by atoms with van der Waals surface area (Å²) in [6.07, 6.45) is 5.67. The largest absolute Gasteiger partial charge is 0.312 e.